The van der Waals surface area contributed by atoms with E-state index in [9.17, 15) is 23.1 Å². The summed E-state index contributed by atoms with van der Waals surface area (Å²) in [6.45, 7) is 1.80. The number of benzene rings is 2. The van der Waals surface area contributed by atoms with Crippen LogP contribution in [-0.2, 0) is 24.3 Å². The van der Waals surface area contributed by atoms with E-state index in [-0.39, 0.29) is 12.4 Å². The van der Waals surface area contributed by atoms with Gasteiger partial charge < -0.3 is 14.7 Å². The van der Waals surface area contributed by atoms with Crippen LogP contribution in [0.5, 0.6) is 0 Å². The maximum Gasteiger partial charge on any atom is 0.306 e. The number of halogens is 2. The molecule has 0 spiro atoms. The highest BCUT2D eigenvalue weighted by Gasteiger charge is 2.49. The molecule has 2 aromatic carbocycles. The minimum Gasteiger partial charge on any atom is -0.481 e. The molecule has 1 aromatic heterocycles. The number of carbonyl (C=O) groups excluding carboxylic acids is 1. The molecule has 1 saturated heterocycles. The van der Waals surface area contributed by atoms with E-state index in [1.807, 2.05) is 13.0 Å². The predicted molar refractivity (Wildman–Crippen MR) is 160 cm³/mol. The molecule has 9 nitrogen and oxygen atoms in total. The number of nitrogens with zero attached hydrogens (tertiary/aromatic N) is 3. The lowest BCUT2D eigenvalue weighted by molar-refractivity contribution is -0.183. The van der Waals surface area contributed by atoms with Gasteiger partial charge in [-0.2, -0.15) is 0 Å². The number of morpholine rings is 1. The fourth-order valence-electron chi connectivity index (χ4n) is 5.38. The lowest BCUT2D eigenvalue weighted by Crippen LogP contribution is -2.58. The number of pyridine rings is 1. The Hall–Kier alpha value is -3.18. The molecule has 2 heterocycles. The van der Waals surface area contributed by atoms with Gasteiger partial charge in [-0.15, -0.1) is 0 Å². The normalized spacial score (nSPS) is 21.6. The monoisotopic (exact) mass is 631 g/mol. The van der Waals surface area contributed by atoms with E-state index in [1.165, 1.54) is 10.5 Å². The summed E-state index contributed by atoms with van der Waals surface area (Å²) in [6, 6.07) is 17.6. The van der Waals surface area contributed by atoms with E-state index in [0.29, 0.717) is 40.4 Å². The van der Waals surface area contributed by atoms with Gasteiger partial charge in [0.25, 0.3) is 5.91 Å². The first-order chi connectivity index (χ1) is 20.1. The van der Waals surface area contributed by atoms with Crippen LogP contribution in [0.3, 0.4) is 0 Å². The Morgan fingerprint density at radius 2 is 1.81 bits per heavy atom. The van der Waals surface area contributed by atoms with Gasteiger partial charge in [-0.25, -0.2) is 13.4 Å². The average molecular weight is 633 g/mol. The van der Waals surface area contributed by atoms with Gasteiger partial charge in [0.1, 0.15) is 18.0 Å². The van der Waals surface area contributed by atoms with Gasteiger partial charge in [0, 0.05) is 16.2 Å². The first-order valence-electron chi connectivity index (χ1n) is 13.7. The second-order valence-electron chi connectivity index (χ2n) is 10.5. The van der Waals surface area contributed by atoms with Crippen molar-refractivity contribution in [3.05, 3.63) is 94.1 Å². The number of amides is 1. The molecule has 1 saturated carbocycles. The van der Waals surface area contributed by atoms with E-state index in [4.69, 9.17) is 27.9 Å². The summed E-state index contributed by atoms with van der Waals surface area (Å²) in [5, 5.41) is 10.1. The van der Waals surface area contributed by atoms with Gasteiger partial charge in [-0.3, -0.25) is 13.9 Å². The summed E-state index contributed by atoms with van der Waals surface area (Å²) in [5.74, 6) is -1.46. The average Bonchev–Trinajstić information content (AvgIpc) is 3.82. The highest BCUT2D eigenvalue weighted by molar-refractivity contribution is 7.93. The quantitative estimate of drug-likeness (QED) is 0.290. The number of ether oxygens (including phenoxy) is 1. The summed E-state index contributed by atoms with van der Waals surface area (Å²) in [7, 11) is -3.76. The molecule has 1 aliphatic heterocycles. The van der Waals surface area contributed by atoms with Gasteiger partial charge in [0.05, 0.1) is 30.3 Å². The van der Waals surface area contributed by atoms with Crippen LogP contribution in [0.4, 0.5) is 5.82 Å². The zero-order valence-electron chi connectivity index (χ0n) is 22.8. The fourth-order valence-corrected chi connectivity index (χ4v) is 7.54. The maximum atomic E-state index is 14.2. The molecule has 2 fully saturated rings. The Bertz CT molecular complexity index is 1540. The Balaban J connectivity index is 1.64. The number of hydrogen-bond donors (Lipinski definition) is 1. The van der Waals surface area contributed by atoms with Crippen LogP contribution in [0, 0.1) is 0 Å². The standard InChI is InChI=1S/C30H31Cl2N3O6S/c1-2-23(18-34(26-8-3-4-15-33-26)42(39,40)24-13-14-24)35-28(19-9-11-21(31)12-10-19)29(20-6-5-7-22(32)16-20)41-25(30(35)38)17-27(36)37/h3-12,15-16,23-25,28-29H,2,13-14,17-18H2,1H3,(H,36,37)/t23-,25+,28+,29+/m0/s1. The van der Waals surface area contributed by atoms with Crippen LogP contribution in [0.25, 0.3) is 0 Å². The maximum absolute atomic E-state index is 14.2. The molecule has 1 amide bonds. The first kappa shape index (κ1) is 30.3. The topological polar surface area (TPSA) is 117 Å². The number of carbonyl (C=O) groups is 2. The van der Waals surface area contributed by atoms with Gasteiger partial charge in [-0.1, -0.05) is 60.5 Å². The van der Waals surface area contributed by atoms with E-state index >= 15 is 0 Å². The van der Waals surface area contributed by atoms with Gasteiger partial charge in [0.15, 0.2) is 0 Å². The molecule has 1 N–H and O–H groups in total. The molecule has 0 radical (unpaired) electrons. The van der Waals surface area contributed by atoms with Crippen LogP contribution in [0.1, 0.15) is 55.9 Å². The largest absolute Gasteiger partial charge is 0.481 e. The van der Waals surface area contributed by atoms with Crippen molar-refractivity contribution in [2.45, 2.75) is 62.1 Å². The minimum absolute atomic E-state index is 0.0652. The zero-order valence-corrected chi connectivity index (χ0v) is 25.2. The molecule has 2 aliphatic rings. The minimum atomic E-state index is -3.76. The van der Waals surface area contributed by atoms with Crippen molar-refractivity contribution in [1.82, 2.24) is 9.88 Å². The second-order valence-corrected chi connectivity index (χ2v) is 13.5. The van der Waals surface area contributed by atoms with Crippen molar-refractivity contribution in [3.63, 3.8) is 0 Å². The first-order valence-corrected chi connectivity index (χ1v) is 16.0. The summed E-state index contributed by atoms with van der Waals surface area (Å²) in [5.41, 5.74) is 1.34. The fraction of sp³-hybridized carbons (Fsp3) is 0.367. The summed E-state index contributed by atoms with van der Waals surface area (Å²) in [4.78, 5) is 31.9. The summed E-state index contributed by atoms with van der Waals surface area (Å²) < 4.78 is 34.9. The highest BCUT2D eigenvalue weighted by Crippen LogP contribution is 2.45. The summed E-state index contributed by atoms with van der Waals surface area (Å²) in [6.07, 6.45) is 0.368. The number of aromatic nitrogens is 1. The number of sulfonamides is 1. The number of anilines is 1. The number of rotatable bonds is 11. The molecule has 4 atom stereocenters. The molecule has 222 valence electrons. The van der Waals surface area contributed by atoms with Crippen molar-refractivity contribution in [1.29, 1.82) is 0 Å². The van der Waals surface area contributed by atoms with Crippen molar-refractivity contribution in [2.24, 2.45) is 0 Å². The van der Waals surface area contributed by atoms with Crippen molar-refractivity contribution in [3.8, 4) is 0 Å². The Kier molecular flexibility index (Phi) is 9.08. The van der Waals surface area contributed by atoms with Gasteiger partial charge in [0.2, 0.25) is 10.0 Å². The highest BCUT2D eigenvalue weighted by atomic mass is 35.5. The van der Waals surface area contributed by atoms with Crippen molar-refractivity contribution in [2.75, 3.05) is 10.8 Å². The molecule has 5 rings (SSSR count). The van der Waals surface area contributed by atoms with Crippen LogP contribution >= 0.6 is 23.2 Å². The molecule has 3 aromatic rings. The molecular formula is C30H31Cl2N3O6S. The van der Waals surface area contributed by atoms with E-state index in [2.05, 4.69) is 4.98 Å². The molecule has 0 unspecified atom stereocenters. The second kappa shape index (κ2) is 12.6. The SMILES string of the molecule is CC[C@@H](CN(c1ccccn1)S(=O)(=O)C1CC1)N1C(=O)[C@@H](CC(=O)O)O[C@H](c2cccc(Cl)c2)[C@H]1c1ccc(Cl)cc1. The third-order valence-electron chi connectivity index (χ3n) is 7.57. The third-order valence-corrected chi connectivity index (χ3v) is 10.3. The van der Waals surface area contributed by atoms with E-state index in [1.54, 1.807) is 65.6 Å². The van der Waals surface area contributed by atoms with Crippen molar-refractivity contribution >= 4 is 50.9 Å². The van der Waals surface area contributed by atoms with Gasteiger partial charge >= 0.3 is 5.97 Å². The zero-order chi connectivity index (χ0) is 30.0. The Morgan fingerprint density at radius 1 is 1.07 bits per heavy atom. The van der Waals surface area contributed by atoms with Crippen molar-refractivity contribution < 1.29 is 27.9 Å². The van der Waals surface area contributed by atoms with E-state index < -0.39 is 57.9 Å². The Labute approximate surface area is 255 Å². The van der Waals surface area contributed by atoms with E-state index in [0.717, 1.165) is 0 Å². The molecule has 0 bridgehead atoms. The number of carboxylic acids is 1. The van der Waals surface area contributed by atoms with Crippen LogP contribution < -0.4 is 4.31 Å². The Morgan fingerprint density at radius 3 is 2.40 bits per heavy atom. The summed E-state index contributed by atoms with van der Waals surface area (Å²) >= 11 is 12.6. The predicted octanol–water partition coefficient (Wildman–Crippen LogP) is 5.65. The molecule has 42 heavy (non-hydrogen) atoms. The van der Waals surface area contributed by atoms with Crippen LogP contribution in [0.2, 0.25) is 10.0 Å². The lowest BCUT2D eigenvalue weighted by atomic mass is 9.89. The number of aliphatic carboxylic acids is 1. The third kappa shape index (κ3) is 6.41. The smallest absolute Gasteiger partial charge is 0.306 e. The number of carboxylic acid groups (broad SMARTS) is 1. The molecule has 12 heteroatoms. The molecular weight excluding hydrogens is 601 g/mol. The lowest BCUT2D eigenvalue weighted by Gasteiger charge is -2.48. The van der Waals surface area contributed by atoms with Gasteiger partial charge in [-0.05, 0) is 66.8 Å². The van der Waals surface area contributed by atoms with Crippen LogP contribution in [-0.4, -0.2) is 59.2 Å². The number of hydrogen-bond acceptors (Lipinski definition) is 6. The molecule has 1 aliphatic carbocycles. The van der Waals surface area contributed by atoms with Crippen LogP contribution in [0.15, 0.2) is 72.9 Å².